The molecule has 1 aromatic heterocycles. The predicted molar refractivity (Wildman–Crippen MR) is 86.9 cm³/mol. The molecule has 1 nitrogen and oxygen atoms in total. The second-order valence-corrected chi connectivity index (χ2v) is 5.70. The van der Waals surface area contributed by atoms with E-state index in [1.807, 2.05) is 0 Å². The molecule has 0 atom stereocenters. The molecule has 0 N–H and O–H groups in total. The van der Waals surface area contributed by atoms with Crippen LogP contribution in [0.25, 0.3) is 10.9 Å². The van der Waals surface area contributed by atoms with Gasteiger partial charge in [-0.3, -0.25) is 0 Å². The lowest BCUT2D eigenvalue weighted by molar-refractivity contribution is -0.679. The first kappa shape index (κ1) is 15.0. The summed E-state index contributed by atoms with van der Waals surface area (Å²) in [6, 6.07) is 13.4. The third kappa shape index (κ3) is 3.82. The molecule has 1 heterocycles. The molecule has 108 valence electrons. The van der Waals surface area contributed by atoms with Gasteiger partial charge in [0, 0.05) is 30.4 Å². The third-order valence-electron chi connectivity index (χ3n) is 4.05. The van der Waals surface area contributed by atoms with Gasteiger partial charge in [0.15, 0.2) is 5.69 Å². The number of aryl methyl sites for hydroxylation is 2. The van der Waals surface area contributed by atoms with Gasteiger partial charge in [-0.05, 0) is 25.0 Å². The Bertz CT molecular complexity index is 530. The summed E-state index contributed by atoms with van der Waals surface area (Å²) in [4.78, 5) is 0. The minimum Gasteiger partial charge on any atom is -0.196 e. The summed E-state index contributed by atoms with van der Waals surface area (Å²) in [5.41, 5.74) is 2.91. The largest absolute Gasteiger partial charge is 0.212 e. The van der Waals surface area contributed by atoms with E-state index in [1.165, 1.54) is 61.5 Å². The molecule has 2 rings (SSSR count). The van der Waals surface area contributed by atoms with E-state index in [4.69, 9.17) is 0 Å². The van der Waals surface area contributed by atoms with Gasteiger partial charge in [0.25, 0.3) is 0 Å². The van der Waals surface area contributed by atoms with E-state index in [1.54, 1.807) is 0 Å². The molecule has 0 saturated carbocycles. The summed E-state index contributed by atoms with van der Waals surface area (Å²) >= 11 is 0. The number of nitrogens with zero attached hydrogens (tertiary/aromatic N) is 1. The van der Waals surface area contributed by atoms with E-state index in [0.717, 1.165) is 6.54 Å². The average Bonchev–Trinajstić information content (AvgIpc) is 2.49. The van der Waals surface area contributed by atoms with Crippen LogP contribution < -0.4 is 4.57 Å². The standard InChI is InChI=1S/C19H28N/c1-3-5-7-12-18-15-14-17-11-8-9-13-19(17)20(18)16-10-6-4-2/h8-9,11,13-15H,3-7,10,12,16H2,1-2H3/q+1. The van der Waals surface area contributed by atoms with Gasteiger partial charge < -0.3 is 0 Å². The average molecular weight is 270 g/mol. The van der Waals surface area contributed by atoms with Crippen LogP contribution in [-0.4, -0.2) is 0 Å². The van der Waals surface area contributed by atoms with Crippen molar-refractivity contribution in [2.45, 2.75) is 65.3 Å². The van der Waals surface area contributed by atoms with Crippen LogP contribution in [0.1, 0.15) is 58.1 Å². The van der Waals surface area contributed by atoms with E-state index < -0.39 is 0 Å². The fraction of sp³-hybridized carbons (Fsp3) is 0.526. The lowest BCUT2D eigenvalue weighted by Gasteiger charge is -2.07. The number of benzene rings is 1. The van der Waals surface area contributed by atoms with Crippen LogP contribution in [0.5, 0.6) is 0 Å². The van der Waals surface area contributed by atoms with Crippen molar-refractivity contribution in [3.63, 3.8) is 0 Å². The Morgan fingerprint density at radius 1 is 0.800 bits per heavy atom. The molecule has 1 heteroatoms. The summed E-state index contributed by atoms with van der Waals surface area (Å²) in [5.74, 6) is 0. The molecule has 1 aromatic carbocycles. The Balaban J connectivity index is 2.26. The fourth-order valence-electron chi connectivity index (χ4n) is 2.86. The molecular formula is C19H28N+. The molecule has 0 spiro atoms. The monoisotopic (exact) mass is 270 g/mol. The van der Waals surface area contributed by atoms with Gasteiger partial charge in [-0.15, -0.1) is 0 Å². The third-order valence-corrected chi connectivity index (χ3v) is 4.05. The number of rotatable bonds is 8. The molecule has 0 unspecified atom stereocenters. The number of aromatic nitrogens is 1. The van der Waals surface area contributed by atoms with E-state index >= 15 is 0 Å². The van der Waals surface area contributed by atoms with Crippen LogP contribution in [0.4, 0.5) is 0 Å². The molecule has 0 saturated heterocycles. The Labute approximate surface area is 123 Å². The molecule has 20 heavy (non-hydrogen) atoms. The molecule has 2 aromatic rings. The maximum absolute atomic E-state index is 2.56. The summed E-state index contributed by atoms with van der Waals surface area (Å²) in [6.45, 7) is 5.71. The molecule has 0 bridgehead atoms. The smallest absolute Gasteiger partial charge is 0.196 e. The van der Waals surface area contributed by atoms with Gasteiger partial charge in [0.1, 0.15) is 6.54 Å². The minimum atomic E-state index is 1.16. The highest BCUT2D eigenvalue weighted by Gasteiger charge is 2.14. The summed E-state index contributed by atoms with van der Waals surface area (Å²) in [5, 5.41) is 1.36. The highest BCUT2D eigenvalue weighted by atomic mass is 15.0. The second kappa shape index (κ2) is 8.04. The summed E-state index contributed by atoms with van der Waals surface area (Å²) in [7, 11) is 0. The van der Waals surface area contributed by atoms with Gasteiger partial charge in [-0.1, -0.05) is 45.2 Å². The fourth-order valence-corrected chi connectivity index (χ4v) is 2.86. The Morgan fingerprint density at radius 2 is 1.55 bits per heavy atom. The number of unbranched alkanes of at least 4 members (excludes halogenated alkanes) is 4. The van der Waals surface area contributed by atoms with Gasteiger partial charge in [-0.25, -0.2) is 0 Å². The zero-order valence-electron chi connectivity index (χ0n) is 13.1. The minimum absolute atomic E-state index is 1.16. The number of hydrogen-bond donors (Lipinski definition) is 0. The molecule has 0 aliphatic heterocycles. The first-order chi connectivity index (χ1) is 9.86. The van der Waals surface area contributed by atoms with Crippen LogP contribution in [-0.2, 0) is 13.0 Å². The number of hydrogen-bond acceptors (Lipinski definition) is 0. The summed E-state index contributed by atoms with van der Waals surface area (Å²) < 4.78 is 2.56. The van der Waals surface area contributed by atoms with Crippen molar-refractivity contribution in [2.75, 3.05) is 0 Å². The van der Waals surface area contributed by atoms with Crippen molar-refractivity contribution in [3.8, 4) is 0 Å². The molecule has 0 amide bonds. The maximum atomic E-state index is 2.56. The first-order valence-corrected chi connectivity index (χ1v) is 8.27. The van der Waals surface area contributed by atoms with Crippen molar-refractivity contribution in [1.29, 1.82) is 0 Å². The Kier molecular flexibility index (Phi) is 6.04. The summed E-state index contributed by atoms with van der Waals surface area (Å²) in [6.07, 6.45) is 9.05. The number of para-hydroxylation sites is 1. The molecule has 0 fully saturated rings. The zero-order valence-corrected chi connectivity index (χ0v) is 13.1. The highest BCUT2D eigenvalue weighted by molar-refractivity contribution is 5.75. The molecular weight excluding hydrogens is 242 g/mol. The van der Waals surface area contributed by atoms with Crippen LogP contribution in [0.3, 0.4) is 0 Å². The number of pyridine rings is 1. The van der Waals surface area contributed by atoms with Crippen LogP contribution >= 0.6 is 0 Å². The van der Waals surface area contributed by atoms with E-state index in [9.17, 15) is 0 Å². The first-order valence-electron chi connectivity index (χ1n) is 8.27. The van der Waals surface area contributed by atoms with E-state index in [2.05, 4.69) is 54.8 Å². The van der Waals surface area contributed by atoms with E-state index in [-0.39, 0.29) is 0 Å². The SMILES string of the molecule is CCCCCc1ccc2ccccc2[n+]1CCCCC. The lowest BCUT2D eigenvalue weighted by Crippen LogP contribution is -2.39. The number of fused-ring (bicyclic) bond motifs is 1. The normalized spacial score (nSPS) is 11.1. The second-order valence-electron chi connectivity index (χ2n) is 5.70. The van der Waals surface area contributed by atoms with Crippen LogP contribution in [0, 0.1) is 0 Å². The van der Waals surface area contributed by atoms with Gasteiger partial charge >= 0.3 is 0 Å². The Hall–Kier alpha value is -1.37. The molecule has 0 radical (unpaired) electrons. The highest BCUT2D eigenvalue weighted by Crippen LogP contribution is 2.13. The molecule has 0 aliphatic rings. The van der Waals surface area contributed by atoms with Crippen molar-refractivity contribution in [3.05, 3.63) is 42.1 Å². The van der Waals surface area contributed by atoms with Crippen molar-refractivity contribution in [1.82, 2.24) is 0 Å². The van der Waals surface area contributed by atoms with Gasteiger partial charge in [0.2, 0.25) is 5.52 Å². The Morgan fingerprint density at radius 3 is 2.35 bits per heavy atom. The van der Waals surface area contributed by atoms with Crippen LogP contribution in [0.2, 0.25) is 0 Å². The predicted octanol–water partition coefficient (Wildman–Crippen LogP) is 5.05. The van der Waals surface area contributed by atoms with Crippen LogP contribution in [0.15, 0.2) is 36.4 Å². The van der Waals surface area contributed by atoms with E-state index in [0.29, 0.717) is 0 Å². The quantitative estimate of drug-likeness (QED) is 0.467. The zero-order chi connectivity index (χ0) is 14.2. The maximum Gasteiger partial charge on any atom is 0.212 e. The topological polar surface area (TPSA) is 3.88 Å². The van der Waals surface area contributed by atoms with Gasteiger partial charge in [-0.2, -0.15) is 4.57 Å². The molecule has 0 aliphatic carbocycles. The van der Waals surface area contributed by atoms with Gasteiger partial charge in [0.05, 0.1) is 0 Å². The lowest BCUT2D eigenvalue weighted by atomic mass is 10.1. The van der Waals surface area contributed by atoms with Crippen molar-refractivity contribution < 1.29 is 4.57 Å². The van der Waals surface area contributed by atoms with Crippen molar-refractivity contribution >= 4 is 10.9 Å². The van der Waals surface area contributed by atoms with Crippen molar-refractivity contribution in [2.24, 2.45) is 0 Å².